The van der Waals surface area contributed by atoms with Gasteiger partial charge in [0, 0.05) is 0 Å². The molecule has 0 radical (unpaired) electrons. The summed E-state index contributed by atoms with van der Waals surface area (Å²) in [7, 11) is 0. The predicted octanol–water partition coefficient (Wildman–Crippen LogP) is 4.37. The summed E-state index contributed by atoms with van der Waals surface area (Å²) in [5, 5.41) is 0. The Hall–Kier alpha value is -2.46. The summed E-state index contributed by atoms with van der Waals surface area (Å²) in [6.07, 6.45) is -0.149. The van der Waals surface area contributed by atoms with Gasteiger partial charge in [0.1, 0.15) is 18.5 Å². The molecule has 1 fully saturated rings. The van der Waals surface area contributed by atoms with Crippen LogP contribution >= 0.6 is 0 Å². The van der Waals surface area contributed by atoms with Crippen LogP contribution in [0.25, 0.3) is 0 Å². The van der Waals surface area contributed by atoms with Crippen molar-refractivity contribution in [2.24, 2.45) is 0 Å². The molecule has 0 amide bonds. The first kappa shape index (κ1) is 17.0. The number of hydrogen-bond donors (Lipinski definition) is 0. The van der Waals surface area contributed by atoms with Crippen molar-refractivity contribution in [3.63, 3.8) is 0 Å². The average molecular weight is 346 g/mol. The molecule has 26 heavy (non-hydrogen) atoms. The Labute approximate surface area is 154 Å². The summed E-state index contributed by atoms with van der Waals surface area (Å²) in [5.74, 6) is 0. The first-order valence-electron chi connectivity index (χ1n) is 8.89. The van der Waals surface area contributed by atoms with Crippen molar-refractivity contribution in [1.29, 1.82) is 0 Å². The van der Waals surface area contributed by atoms with Crippen LogP contribution in [0.5, 0.6) is 0 Å². The normalized spacial score (nSPS) is 15.7. The molecule has 3 nitrogen and oxygen atoms in total. The topological polar surface area (TPSA) is 27.7 Å². The fourth-order valence-corrected chi connectivity index (χ4v) is 3.51. The third-order valence-electron chi connectivity index (χ3n) is 4.66. The molecule has 0 aliphatic carbocycles. The van der Waals surface area contributed by atoms with Crippen molar-refractivity contribution in [1.82, 2.24) is 0 Å². The third kappa shape index (κ3) is 3.29. The van der Waals surface area contributed by atoms with E-state index in [1.165, 1.54) is 0 Å². The van der Waals surface area contributed by atoms with Gasteiger partial charge in [0.05, 0.1) is 13.2 Å². The molecule has 0 unspecified atom stereocenters. The van der Waals surface area contributed by atoms with E-state index in [-0.39, 0.29) is 6.10 Å². The van der Waals surface area contributed by atoms with Gasteiger partial charge >= 0.3 is 0 Å². The van der Waals surface area contributed by atoms with Gasteiger partial charge in [-0.15, -0.1) is 0 Å². The maximum atomic E-state index is 6.79. The fraction of sp³-hybridized carbons (Fsp3) is 0.217. The summed E-state index contributed by atoms with van der Waals surface area (Å²) in [6, 6.07) is 31.1. The largest absolute Gasteiger partial charge is 0.353 e. The molecule has 132 valence electrons. The lowest BCUT2D eigenvalue weighted by atomic mass is 9.80. The van der Waals surface area contributed by atoms with E-state index in [0.29, 0.717) is 20.0 Å². The summed E-state index contributed by atoms with van der Waals surface area (Å²) in [4.78, 5) is 0. The zero-order valence-electron chi connectivity index (χ0n) is 14.6. The predicted molar refractivity (Wildman–Crippen MR) is 101 cm³/mol. The lowest BCUT2D eigenvalue weighted by Gasteiger charge is -2.39. The van der Waals surface area contributed by atoms with Gasteiger partial charge in [0.15, 0.2) is 0 Å². The molecule has 0 atom stereocenters. The zero-order valence-corrected chi connectivity index (χ0v) is 14.6. The van der Waals surface area contributed by atoms with E-state index in [0.717, 1.165) is 16.7 Å². The number of ether oxygens (including phenoxy) is 3. The van der Waals surface area contributed by atoms with E-state index in [2.05, 4.69) is 36.4 Å². The standard InChI is InChI=1S/C23H22O3/c1-4-10-19(11-5-1)23(20-12-6-2-7-13-20,21-14-8-3-9-15-21)26-22-16-24-18-25-17-22/h1-15,22H,16-18H2. The Morgan fingerprint density at radius 1 is 0.615 bits per heavy atom. The van der Waals surface area contributed by atoms with E-state index >= 15 is 0 Å². The smallest absolute Gasteiger partial charge is 0.146 e. The monoisotopic (exact) mass is 346 g/mol. The van der Waals surface area contributed by atoms with Gasteiger partial charge in [-0.1, -0.05) is 91.0 Å². The van der Waals surface area contributed by atoms with Crippen LogP contribution in [-0.4, -0.2) is 26.1 Å². The maximum Gasteiger partial charge on any atom is 0.146 e. The van der Waals surface area contributed by atoms with Gasteiger partial charge in [-0.25, -0.2) is 0 Å². The van der Waals surface area contributed by atoms with Crippen molar-refractivity contribution >= 4 is 0 Å². The van der Waals surface area contributed by atoms with Crippen molar-refractivity contribution in [2.75, 3.05) is 20.0 Å². The van der Waals surface area contributed by atoms with Crippen LogP contribution in [0, 0.1) is 0 Å². The quantitative estimate of drug-likeness (QED) is 0.642. The highest BCUT2D eigenvalue weighted by atomic mass is 16.7. The molecule has 0 saturated carbocycles. The maximum absolute atomic E-state index is 6.79. The second-order valence-corrected chi connectivity index (χ2v) is 6.38. The Morgan fingerprint density at radius 2 is 1.00 bits per heavy atom. The molecular weight excluding hydrogens is 324 g/mol. The van der Waals surface area contributed by atoms with Gasteiger partial charge in [0.25, 0.3) is 0 Å². The minimum absolute atomic E-state index is 0.149. The van der Waals surface area contributed by atoms with Gasteiger partial charge in [-0.05, 0) is 16.7 Å². The van der Waals surface area contributed by atoms with Crippen LogP contribution in [0.2, 0.25) is 0 Å². The highest BCUT2D eigenvalue weighted by Gasteiger charge is 2.40. The summed E-state index contributed by atoms with van der Waals surface area (Å²) < 4.78 is 17.8. The summed E-state index contributed by atoms with van der Waals surface area (Å²) >= 11 is 0. The Bertz CT molecular complexity index is 700. The lowest BCUT2D eigenvalue weighted by molar-refractivity contribution is -0.191. The van der Waals surface area contributed by atoms with Crippen LogP contribution in [0.15, 0.2) is 91.0 Å². The molecular formula is C23H22O3. The van der Waals surface area contributed by atoms with Crippen LogP contribution in [0.3, 0.4) is 0 Å². The average Bonchev–Trinajstić information content (AvgIpc) is 2.75. The van der Waals surface area contributed by atoms with Crippen molar-refractivity contribution < 1.29 is 14.2 Å². The van der Waals surface area contributed by atoms with Crippen LogP contribution in [0.1, 0.15) is 16.7 Å². The van der Waals surface area contributed by atoms with Gasteiger partial charge in [-0.3, -0.25) is 0 Å². The molecule has 0 aromatic heterocycles. The molecule has 3 heteroatoms. The summed E-state index contributed by atoms with van der Waals surface area (Å²) in [6.45, 7) is 1.37. The Balaban J connectivity index is 1.90. The second kappa shape index (κ2) is 7.83. The third-order valence-corrected chi connectivity index (χ3v) is 4.66. The molecule has 0 bridgehead atoms. The summed E-state index contributed by atoms with van der Waals surface area (Å²) in [5.41, 5.74) is 2.53. The lowest BCUT2D eigenvalue weighted by Crippen LogP contribution is -2.42. The van der Waals surface area contributed by atoms with E-state index in [1.807, 2.05) is 54.6 Å². The van der Waals surface area contributed by atoms with E-state index in [9.17, 15) is 0 Å². The van der Waals surface area contributed by atoms with Crippen LogP contribution in [-0.2, 0) is 19.8 Å². The fourth-order valence-electron chi connectivity index (χ4n) is 3.51. The molecule has 1 aliphatic heterocycles. The van der Waals surface area contributed by atoms with Crippen LogP contribution < -0.4 is 0 Å². The molecule has 1 aliphatic rings. The zero-order chi connectivity index (χ0) is 17.7. The van der Waals surface area contributed by atoms with Crippen molar-refractivity contribution in [3.05, 3.63) is 108 Å². The van der Waals surface area contributed by atoms with E-state index in [1.54, 1.807) is 0 Å². The number of hydrogen-bond acceptors (Lipinski definition) is 3. The van der Waals surface area contributed by atoms with E-state index in [4.69, 9.17) is 14.2 Å². The van der Waals surface area contributed by atoms with Gasteiger partial charge in [-0.2, -0.15) is 0 Å². The van der Waals surface area contributed by atoms with Gasteiger partial charge in [0.2, 0.25) is 0 Å². The molecule has 1 saturated heterocycles. The first-order chi connectivity index (χ1) is 12.9. The molecule has 0 N–H and O–H groups in total. The van der Waals surface area contributed by atoms with Crippen molar-refractivity contribution in [3.8, 4) is 0 Å². The van der Waals surface area contributed by atoms with E-state index < -0.39 is 5.60 Å². The molecule has 4 rings (SSSR count). The Morgan fingerprint density at radius 3 is 1.38 bits per heavy atom. The molecule has 0 spiro atoms. The number of benzene rings is 3. The molecule has 1 heterocycles. The minimum atomic E-state index is -0.724. The highest BCUT2D eigenvalue weighted by molar-refractivity contribution is 5.47. The second-order valence-electron chi connectivity index (χ2n) is 6.38. The molecule has 3 aromatic carbocycles. The first-order valence-corrected chi connectivity index (χ1v) is 8.89. The molecule has 3 aromatic rings. The van der Waals surface area contributed by atoms with Crippen LogP contribution in [0.4, 0.5) is 0 Å². The SMILES string of the molecule is c1ccc(C(OC2COCOC2)(c2ccccc2)c2ccccc2)cc1. The Kier molecular flexibility index (Phi) is 5.12. The van der Waals surface area contributed by atoms with Crippen molar-refractivity contribution in [2.45, 2.75) is 11.7 Å². The number of rotatable bonds is 5. The minimum Gasteiger partial charge on any atom is -0.353 e. The highest BCUT2D eigenvalue weighted by Crippen LogP contribution is 2.41. The van der Waals surface area contributed by atoms with Gasteiger partial charge < -0.3 is 14.2 Å².